The van der Waals surface area contributed by atoms with Crippen LogP contribution in [0.1, 0.15) is 11.1 Å². The monoisotopic (exact) mass is 212 g/mol. The number of rotatable bonds is 1. The van der Waals surface area contributed by atoms with E-state index < -0.39 is 0 Å². The fourth-order valence-corrected chi connectivity index (χ4v) is 1.80. The summed E-state index contributed by atoms with van der Waals surface area (Å²) in [4.78, 5) is 0. The molecule has 0 fully saturated rings. The fraction of sp³-hybridized carbons (Fsp3) is 0.143. The highest BCUT2D eigenvalue weighted by molar-refractivity contribution is 5.72. The highest BCUT2D eigenvalue weighted by Gasteiger charge is 2.01. The van der Waals surface area contributed by atoms with Crippen LogP contribution in [0.5, 0.6) is 0 Å². The van der Waals surface area contributed by atoms with E-state index in [1.54, 1.807) is 0 Å². The number of hydrogen-bond donors (Lipinski definition) is 2. The lowest BCUT2D eigenvalue weighted by Gasteiger charge is -2.07. The minimum atomic E-state index is 0.786. The van der Waals surface area contributed by atoms with Crippen molar-refractivity contribution in [3.63, 3.8) is 0 Å². The van der Waals surface area contributed by atoms with E-state index in [1.807, 2.05) is 38.1 Å². The summed E-state index contributed by atoms with van der Waals surface area (Å²) in [5.41, 5.74) is 17.8. The molecular weight excluding hydrogens is 196 g/mol. The Morgan fingerprint density at radius 1 is 0.812 bits per heavy atom. The summed E-state index contributed by atoms with van der Waals surface area (Å²) < 4.78 is 0. The lowest BCUT2D eigenvalue weighted by Crippen LogP contribution is -1.91. The van der Waals surface area contributed by atoms with Crippen molar-refractivity contribution in [2.45, 2.75) is 13.8 Å². The Labute approximate surface area is 95.9 Å². The van der Waals surface area contributed by atoms with Gasteiger partial charge in [0.25, 0.3) is 0 Å². The first-order valence-electron chi connectivity index (χ1n) is 5.30. The van der Waals surface area contributed by atoms with Gasteiger partial charge < -0.3 is 11.5 Å². The van der Waals surface area contributed by atoms with Crippen molar-refractivity contribution in [3.8, 4) is 11.1 Å². The third-order valence-electron chi connectivity index (χ3n) is 2.71. The molecule has 0 bridgehead atoms. The van der Waals surface area contributed by atoms with Crippen LogP contribution in [0.2, 0.25) is 0 Å². The molecule has 0 aromatic heterocycles. The van der Waals surface area contributed by atoms with E-state index in [9.17, 15) is 0 Å². The second-order valence-electron chi connectivity index (χ2n) is 4.20. The molecule has 16 heavy (non-hydrogen) atoms. The summed E-state index contributed by atoms with van der Waals surface area (Å²) in [6.45, 7) is 4.04. The zero-order valence-corrected chi connectivity index (χ0v) is 9.62. The van der Waals surface area contributed by atoms with E-state index in [-0.39, 0.29) is 0 Å². The largest absolute Gasteiger partial charge is 0.399 e. The molecule has 2 aromatic rings. The van der Waals surface area contributed by atoms with E-state index in [1.165, 1.54) is 0 Å². The number of nitrogens with two attached hydrogens (primary N) is 2. The van der Waals surface area contributed by atoms with Crippen LogP contribution in [-0.2, 0) is 0 Å². The Kier molecular flexibility index (Phi) is 2.57. The second kappa shape index (κ2) is 3.89. The van der Waals surface area contributed by atoms with Crippen molar-refractivity contribution >= 4 is 11.4 Å². The summed E-state index contributed by atoms with van der Waals surface area (Å²) in [7, 11) is 0. The maximum absolute atomic E-state index is 5.90. The van der Waals surface area contributed by atoms with Gasteiger partial charge in [0, 0.05) is 11.4 Å². The Hall–Kier alpha value is -1.96. The van der Waals surface area contributed by atoms with Crippen LogP contribution in [0.15, 0.2) is 36.4 Å². The molecule has 2 nitrogen and oxygen atoms in total. The molecule has 0 unspecified atom stereocenters. The van der Waals surface area contributed by atoms with Gasteiger partial charge in [0.2, 0.25) is 0 Å². The molecule has 0 spiro atoms. The first-order chi connectivity index (χ1) is 7.56. The average molecular weight is 212 g/mol. The summed E-state index contributed by atoms with van der Waals surface area (Å²) >= 11 is 0. The van der Waals surface area contributed by atoms with Gasteiger partial charge in [-0.05, 0) is 54.3 Å². The Balaban J connectivity index is 2.54. The predicted molar refractivity (Wildman–Crippen MR) is 70.2 cm³/mol. The van der Waals surface area contributed by atoms with Gasteiger partial charge in [-0.3, -0.25) is 0 Å². The van der Waals surface area contributed by atoms with E-state index in [4.69, 9.17) is 11.5 Å². The minimum Gasteiger partial charge on any atom is -0.399 e. The van der Waals surface area contributed by atoms with Crippen LogP contribution >= 0.6 is 0 Å². The zero-order valence-electron chi connectivity index (χ0n) is 9.62. The lowest BCUT2D eigenvalue weighted by atomic mass is 10.0. The molecule has 2 rings (SSSR count). The number of anilines is 2. The van der Waals surface area contributed by atoms with Gasteiger partial charge in [0.15, 0.2) is 0 Å². The molecule has 0 aliphatic heterocycles. The van der Waals surface area contributed by atoms with Gasteiger partial charge in [-0.15, -0.1) is 0 Å². The van der Waals surface area contributed by atoms with Crippen molar-refractivity contribution in [1.82, 2.24) is 0 Å². The average Bonchev–Trinajstić information content (AvgIpc) is 2.20. The molecule has 0 heterocycles. The van der Waals surface area contributed by atoms with Crippen LogP contribution in [0.3, 0.4) is 0 Å². The highest BCUT2D eigenvalue weighted by atomic mass is 14.6. The molecule has 82 valence electrons. The molecule has 0 aliphatic rings. The quantitative estimate of drug-likeness (QED) is 0.713. The Morgan fingerprint density at radius 2 is 1.56 bits per heavy atom. The molecule has 0 radical (unpaired) electrons. The molecule has 0 atom stereocenters. The van der Waals surface area contributed by atoms with Gasteiger partial charge in [0.1, 0.15) is 0 Å². The van der Waals surface area contributed by atoms with E-state index >= 15 is 0 Å². The Morgan fingerprint density at radius 3 is 2.19 bits per heavy atom. The lowest BCUT2D eigenvalue weighted by molar-refractivity contribution is 1.44. The maximum Gasteiger partial charge on any atom is 0.0349 e. The topological polar surface area (TPSA) is 52.0 Å². The number of hydrogen-bond acceptors (Lipinski definition) is 2. The zero-order chi connectivity index (χ0) is 11.7. The van der Waals surface area contributed by atoms with Crippen molar-refractivity contribution < 1.29 is 0 Å². The van der Waals surface area contributed by atoms with Crippen molar-refractivity contribution in [2.75, 3.05) is 11.5 Å². The van der Waals surface area contributed by atoms with Gasteiger partial charge in [-0.1, -0.05) is 18.2 Å². The van der Waals surface area contributed by atoms with Gasteiger partial charge in [0.05, 0.1) is 0 Å². The molecule has 0 aliphatic carbocycles. The molecule has 2 aromatic carbocycles. The second-order valence-corrected chi connectivity index (χ2v) is 4.20. The minimum absolute atomic E-state index is 0.786. The molecule has 4 N–H and O–H groups in total. The molecule has 2 heteroatoms. The standard InChI is InChI=1S/C14H16N2/c1-9-5-12(7-13(15)6-9)11-4-3-10(2)14(16)8-11/h3-8H,15-16H2,1-2H3. The molecule has 0 amide bonds. The summed E-state index contributed by atoms with van der Waals surface area (Å²) in [5.74, 6) is 0. The number of benzene rings is 2. The van der Waals surface area contributed by atoms with Crippen molar-refractivity contribution in [2.24, 2.45) is 0 Å². The molecular formula is C14H16N2. The summed E-state index contributed by atoms with van der Waals surface area (Å²) in [5, 5.41) is 0. The van der Waals surface area contributed by atoms with Crippen molar-refractivity contribution in [1.29, 1.82) is 0 Å². The number of aryl methyl sites for hydroxylation is 2. The van der Waals surface area contributed by atoms with E-state index in [0.29, 0.717) is 0 Å². The normalized spacial score (nSPS) is 10.4. The van der Waals surface area contributed by atoms with Gasteiger partial charge >= 0.3 is 0 Å². The van der Waals surface area contributed by atoms with Gasteiger partial charge in [-0.25, -0.2) is 0 Å². The Bertz CT molecular complexity index is 510. The first-order valence-corrected chi connectivity index (χ1v) is 5.30. The van der Waals surface area contributed by atoms with Crippen LogP contribution < -0.4 is 11.5 Å². The smallest absolute Gasteiger partial charge is 0.0349 e. The SMILES string of the molecule is Cc1cc(N)cc(-c2ccc(C)c(N)c2)c1. The van der Waals surface area contributed by atoms with Gasteiger partial charge in [-0.2, -0.15) is 0 Å². The summed E-state index contributed by atoms with van der Waals surface area (Å²) in [6.07, 6.45) is 0. The van der Waals surface area contributed by atoms with Crippen LogP contribution in [0.25, 0.3) is 11.1 Å². The number of nitrogen functional groups attached to an aromatic ring is 2. The predicted octanol–water partition coefficient (Wildman–Crippen LogP) is 3.13. The third kappa shape index (κ3) is 2.01. The van der Waals surface area contributed by atoms with Crippen LogP contribution in [0.4, 0.5) is 11.4 Å². The molecule has 0 saturated carbocycles. The van der Waals surface area contributed by atoms with Crippen LogP contribution in [-0.4, -0.2) is 0 Å². The van der Waals surface area contributed by atoms with Crippen molar-refractivity contribution in [3.05, 3.63) is 47.5 Å². The summed E-state index contributed by atoms with van der Waals surface area (Å²) in [6, 6.07) is 12.1. The maximum atomic E-state index is 5.90. The third-order valence-corrected chi connectivity index (χ3v) is 2.71. The first kappa shape index (κ1) is 10.6. The van der Waals surface area contributed by atoms with E-state index in [2.05, 4.69) is 12.1 Å². The van der Waals surface area contributed by atoms with Crippen LogP contribution in [0, 0.1) is 13.8 Å². The highest BCUT2D eigenvalue weighted by Crippen LogP contribution is 2.26. The fourth-order valence-electron chi connectivity index (χ4n) is 1.80. The molecule has 0 saturated heterocycles. The van der Waals surface area contributed by atoms with E-state index in [0.717, 1.165) is 33.6 Å².